The van der Waals surface area contributed by atoms with E-state index >= 15 is 0 Å². The van der Waals surface area contributed by atoms with Crippen molar-refractivity contribution in [1.29, 1.82) is 0 Å². The van der Waals surface area contributed by atoms with E-state index in [0.717, 1.165) is 36.6 Å². The molecule has 2 N–H and O–H groups in total. The number of aliphatic imine (C=N–C) groups is 1. The van der Waals surface area contributed by atoms with Crippen molar-refractivity contribution in [2.24, 2.45) is 4.99 Å². The Morgan fingerprint density at radius 2 is 2.18 bits per heavy atom. The quantitative estimate of drug-likeness (QED) is 0.833. The number of carbonyl (C=O) groups is 1. The van der Waals surface area contributed by atoms with Crippen molar-refractivity contribution in [2.75, 3.05) is 18.4 Å². The van der Waals surface area contributed by atoms with Gasteiger partial charge in [-0.2, -0.15) is 0 Å². The molecule has 0 bridgehead atoms. The number of nitrogens with zero attached hydrogens (tertiary/aromatic N) is 1. The SMILES string of the molecule is CCC(=O)Nc1ccc(C2=NCCCN2)cc1. The van der Waals surface area contributed by atoms with Crippen LogP contribution in [0.2, 0.25) is 0 Å². The van der Waals surface area contributed by atoms with E-state index in [9.17, 15) is 4.79 Å². The molecule has 1 aliphatic heterocycles. The summed E-state index contributed by atoms with van der Waals surface area (Å²) in [6, 6.07) is 7.76. The predicted molar refractivity (Wildman–Crippen MR) is 69.4 cm³/mol. The van der Waals surface area contributed by atoms with E-state index in [1.165, 1.54) is 0 Å². The van der Waals surface area contributed by atoms with E-state index in [-0.39, 0.29) is 5.91 Å². The van der Waals surface area contributed by atoms with Gasteiger partial charge < -0.3 is 10.6 Å². The zero-order chi connectivity index (χ0) is 12.1. The number of rotatable bonds is 3. The molecule has 17 heavy (non-hydrogen) atoms. The van der Waals surface area contributed by atoms with Gasteiger partial charge in [-0.15, -0.1) is 0 Å². The first kappa shape index (κ1) is 11.6. The van der Waals surface area contributed by atoms with E-state index in [4.69, 9.17) is 0 Å². The van der Waals surface area contributed by atoms with E-state index < -0.39 is 0 Å². The van der Waals surface area contributed by atoms with Gasteiger partial charge >= 0.3 is 0 Å². The average molecular weight is 231 g/mol. The fourth-order valence-electron chi connectivity index (χ4n) is 1.69. The number of amides is 1. The summed E-state index contributed by atoms with van der Waals surface area (Å²) >= 11 is 0. The molecule has 0 aliphatic carbocycles. The highest BCUT2D eigenvalue weighted by Crippen LogP contribution is 2.11. The van der Waals surface area contributed by atoms with Crippen LogP contribution >= 0.6 is 0 Å². The molecule has 0 unspecified atom stereocenters. The Kier molecular flexibility index (Phi) is 3.75. The number of anilines is 1. The van der Waals surface area contributed by atoms with Crippen LogP contribution in [0.1, 0.15) is 25.3 Å². The number of hydrogen-bond acceptors (Lipinski definition) is 3. The minimum atomic E-state index is 0.0332. The molecule has 0 atom stereocenters. The lowest BCUT2D eigenvalue weighted by Crippen LogP contribution is -2.30. The molecule has 0 saturated heterocycles. The molecule has 4 heteroatoms. The minimum Gasteiger partial charge on any atom is -0.370 e. The summed E-state index contributed by atoms with van der Waals surface area (Å²) in [5.74, 6) is 0.982. The highest BCUT2D eigenvalue weighted by atomic mass is 16.1. The molecule has 1 aliphatic rings. The topological polar surface area (TPSA) is 53.5 Å². The second-order valence-electron chi connectivity index (χ2n) is 3.99. The van der Waals surface area contributed by atoms with Crippen molar-refractivity contribution in [3.63, 3.8) is 0 Å². The van der Waals surface area contributed by atoms with E-state index in [1.54, 1.807) is 0 Å². The number of benzene rings is 1. The molecule has 1 heterocycles. The van der Waals surface area contributed by atoms with Gasteiger partial charge in [0.2, 0.25) is 5.91 Å². The molecule has 1 aromatic rings. The molecule has 90 valence electrons. The van der Waals surface area contributed by atoms with Crippen LogP contribution in [0.4, 0.5) is 5.69 Å². The third-order valence-electron chi connectivity index (χ3n) is 2.66. The summed E-state index contributed by atoms with van der Waals surface area (Å²) < 4.78 is 0. The second kappa shape index (κ2) is 5.48. The largest absolute Gasteiger partial charge is 0.370 e. The summed E-state index contributed by atoms with van der Waals surface area (Å²) in [5.41, 5.74) is 1.90. The van der Waals surface area contributed by atoms with Gasteiger partial charge in [-0.25, -0.2) is 0 Å². The number of hydrogen-bond donors (Lipinski definition) is 2. The molecular formula is C13H17N3O. The van der Waals surface area contributed by atoms with Crippen LogP contribution in [0.3, 0.4) is 0 Å². The normalized spacial score (nSPS) is 14.8. The minimum absolute atomic E-state index is 0.0332. The molecule has 1 aromatic carbocycles. The van der Waals surface area contributed by atoms with Crippen LogP contribution in [0.5, 0.6) is 0 Å². The van der Waals surface area contributed by atoms with Crippen molar-refractivity contribution < 1.29 is 4.79 Å². The Morgan fingerprint density at radius 3 is 2.76 bits per heavy atom. The zero-order valence-corrected chi connectivity index (χ0v) is 9.99. The summed E-state index contributed by atoms with van der Waals surface area (Å²) in [6.07, 6.45) is 1.59. The smallest absolute Gasteiger partial charge is 0.224 e. The van der Waals surface area contributed by atoms with Crippen LogP contribution in [0.25, 0.3) is 0 Å². The Labute approximate surface area is 101 Å². The van der Waals surface area contributed by atoms with Crippen LogP contribution < -0.4 is 10.6 Å². The standard InChI is InChI=1S/C13H17N3O/c1-2-12(17)16-11-6-4-10(5-7-11)13-14-8-3-9-15-13/h4-7H,2-3,8-9H2,1H3,(H,14,15)(H,16,17). The van der Waals surface area contributed by atoms with E-state index in [2.05, 4.69) is 15.6 Å². The third-order valence-corrected chi connectivity index (χ3v) is 2.66. The van der Waals surface area contributed by atoms with Crippen LogP contribution in [0.15, 0.2) is 29.3 Å². The lowest BCUT2D eigenvalue weighted by molar-refractivity contribution is -0.115. The molecule has 0 saturated carbocycles. The van der Waals surface area contributed by atoms with Gasteiger partial charge in [-0.05, 0) is 30.7 Å². The Bertz CT molecular complexity index is 423. The van der Waals surface area contributed by atoms with Gasteiger partial charge in [0, 0.05) is 30.8 Å². The third kappa shape index (κ3) is 3.06. The van der Waals surface area contributed by atoms with E-state index in [0.29, 0.717) is 6.42 Å². The van der Waals surface area contributed by atoms with Crippen LogP contribution in [-0.4, -0.2) is 24.8 Å². The van der Waals surface area contributed by atoms with Crippen LogP contribution in [-0.2, 0) is 4.79 Å². The number of nitrogens with one attached hydrogen (secondary N) is 2. The van der Waals surface area contributed by atoms with Crippen LogP contribution in [0, 0.1) is 0 Å². The first-order valence-corrected chi connectivity index (χ1v) is 5.98. The summed E-state index contributed by atoms with van der Waals surface area (Å²) in [7, 11) is 0. The molecule has 0 aromatic heterocycles. The molecule has 0 spiro atoms. The lowest BCUT2D eigenvalue weighted by Gasteiger charge is -2.14. The maximum absolute atomic E-state index is 11.2. The monoisotopic (exact) mass is 231 g/mol. The molecular weight excluding hydrogens is 214 g/mol. The second-order valence-corrected chi connectivity index (χ2v) is 3.99. The number of carbonyl (C=O) groups excluding carboxylic acids is 1. The maximum atomic E-state index is 11.2. The Morgan fingerprint density at radius 1 is 1.41 bits per heavy atom. The fourth-order valence-corrected chi connectivity index (χ4v) is 1.69. The lowest BCUT2D eigenvalue weighted by atomic mass is 10.1. The zero-order valence-electron chi connectivity index (χ0n) is 9.99. The first-order valence-electron chi connectivity index (χ1n) is 5.98. The Hall–Kier alpha value is -1.84. The predicted octanol–water partition coefficient (Wildman–Crippen LogP) is 1.77. The highest BCUT2D eigenvalue weighted by molar-refractivity contribution is 5.99. The van der Waals surface area contributed by atoms with Crippen molar-refractivity contribution >= 4 is 17.4 Å². The molecule has 0 fully saturated rings. The van der Waals surface area contributed by atoms with Gasteiger partial charge in [0.1, 0.15) is 5.84 Å². The van der Waals surface area contributed by atoms with Gasteiger partial charge in [-0.3, -0.25) is 9.79 Å². The summed E-state index contributed by atoms with van der Waals surface area (Å²) in [6.45, 7) is 3.70. The molecule has 4 nitrogen and oxygen atoms in total. The molecule has 2 rings (SSSR count). The van der Waals surface area contributed by atoms with Crippen molar-refractivity contribution in [3.8, 4) is 0 Å². The summed E-state index contributed by atoms with van der Waals surface area (Å²) in [4.78, 5) is 15.6. The van der Waals surface area contributed by atoms with Crippen molar-refractivity contribution in [2.45, 2.75) is 19.8 Å². The highest BCUT2D eigenvalue weighted by Gasteiger charge is 2.06. The van der Waals surface area contributed by atoms with E-state index in [1.807, 2.05) is 31.2 Å². The summed E-state index contributed by atoms with van der Waals surface area (Å²) in [5, 5.41) is 6.09. The Balaban J connectivity index is 2.07. The fraction of sp³-hybridized carbons (Fsp3) is 0.385. The van der Waals surface area contributed by atoms with Gasteiger partial charge in [0.15, 0.2) is 0 Å². The van der Waals surface area contributed by atoms with Crippen molar-refractivity contribution in [1.82, 2.24) is 5.32 Å². The molecule has 1 amide bonds. The maximum Gasteiger partial charge on any atom is 0.224 e. The number of amidine groups is 1. The average Bonchev–Trinajstić information content (AvgIpc) is 2.40. The first-order chi connectivity index (χ1) is 8.29. The van der Waals surface area contributed by atoms with Gasteiger partial charge in [0.25, 0.3) is 0 Å². The van der Waals surface area contributed by atoms with Crippen molar-refractivity contribution in [3.05, 3.63) is 29.8 Å². The molecule has 0 radical (unpaired) electrons. The van der Waals surface area contributed by atoms with Gasteiger partial charge in [0.05, 0.1) is 0 Å². The van der Waals surface area contributed by atoms with Gasteiger partial charge in [-0.1, -0.05) is 6.92 Å².